The molecule has 0 spiro atoms. The monoisotopic (exact) mass is 267 g/mol. The number of rotatable bonds is 6. The van der Waals surface area contributed by atoms with Gasteiger partial charge in [-0.15, -0.1) is 0 Å². The Bertz CT molecular complexity index is 472. The van der Waals surface area contributed by atoms with Crippen molar-refractivity contribution in [1.29, 1.82) is 0 Å². The maximum absolute atomic E-state index is 11.1. The predicted octanol–water partition coefficient (Wildman–Crippen LogP) is 1.12. The number of primary amides is 1. The Labute approximate surface area is 111 Å². The van der Waals surface area contributed by atoms with Crippen molar-refractivity contribution in [1.82, 2.24) is 0 Å². The molecule has 0 aliphatic carbocycles. The first-order chi connectivity index (χ1) is 8.97. The number of carbonyl (C=O) groups excluding carboxylic acids is 2. The Kier molecular flexibility index (Phi) is 5.17. The highest BCUT2D eigenvalue weighted by molar-refractivity contribution is 5.93. The van der Waals surface area contributed by atoms with E-state index in [0.29, 0.717) is 17.1 Å². The normalized spacial score (nSPS) is 11.5. The molecule has 1 aromatic rings. The number of methoxy groups -OCH3 is 2. The van der Waals surface area contributed by atoms with Gasteiger partial charge in [-0.2, -0.15) is 0 Å². The fourth-order valence-electron chi connectivity index (χ4n) is 1.49. The van der Waals surface area contributed by atoms with Crippen molar-refractivity contribution >= 4 is 11.9 Å². The Morgan fingerprint density at radius 2 is 1.95 bits per heavy atom. The molecule has 2 N–H and O–H groups in total. The van der Waals surface area contributed by atoms with Gasteiger partial charge in [-0.05, 0) is 25.1 Å². The van der Waals surface area contributed by atoms with Crippen molar-refractivity contribution in [3.63, 3.8) is 0 Å². The number of esters is 1. The minimum absolute atomic E-state index is 0.122. The molecule has 0 saturated heterocycles. The van der Waals surface area contributed by atoms with Crippen LogP contribution in [0, 0.1) is 0 Å². The van der Waals surface area contributed by atoms with Gasteiger partial charge in [-0.1, -0.05) is 0 Å². The van der Waals surface area contributed by atoms with Crippen LogP contribution in [0.3, 0.4) is 0 Å². The molecule has 0 aliphatic rings. The predicted molar refractivity (Wildman–Crippen MR) is 68.2 cm³/mol. The van der Waals surface area contributed by atoms with Crippen molar-refractivity contribution in [2.75, 3.05) is 14.2 Å². The average Bonchev–Trinajstić information content (AvgIpc) is 2.38. The lowest BCUT2D eigenvalue weighted by Gasteiger charge is -2.16. The third kappa shape index (κ3) is 4.17. The minimum atomic E-state index is -0.549. The zero-order valence-electron chi connectivity index (χ0n) is 11.1. The van der Waals surface area contributed by atoms with Crippen LogP contribution < -0.4 is 15.2 Å². The first kappa shape index (κ1) is 14.8. The first-order valence-corrected chi connectivity index (χ1v) is 5.69. The molecule has 1 atom stereocenters. The zero-order chi connectivity index (χ0) is 14.4. The van der Waals surface area contributed by atoms with Gasteiger partial charge >= 0.3 is 5.97 Å². The second-order valence-electron chi connectivity index (χ2n) is 3.94. The van der Waals surface area contributed by atoms with Gasteiger partial charge in [0.1, 0.15) is 6.10 Å². The summed E-state index contributed by atoms with van der Waals surface area (Å²) in [7, 11) is 2.77. The van der Waals surface area contributed by atoms with E-state index in [-0.39, 0.29) is 18.5 Å². The van der Waals surface area contributed by atoms with Crippen molar-refractivity contribution in [2.24, 2.45) is 5.73 Å². The van der Waals surface area contributed by atoms with Crippen molar-refractivity contribution in [3.05, 3.63) is 23.8 Å². The van der Waals surface area contributed by atoms with E-state index in [1.54, 1.807) is 13.0 Å². The SMILES string of the molecule is COC(=O)CC(C)Oc1ccc(C(N)=O)cc1OC. The van der Waals surface area contributed by atoms with Gasteiger partial charge < -0.3 is 19.9 Å². The topological polar surface area (TPSA) is 87.9 Å². The lowest BCUT2D eigenvalue weighted by atomic mass is 10.2. The Balaban J connectivity index is 2.83. The van der Waals surface area contributed by atoms with Crippen LogP contribution in [0.5, 0.6) is 11.5 Å². The van der Waals surface area contributed by atoms with Gasteiger partial charge in [0.2, 0.25) is 5.91 Å². The molecule has 19 heavy (non-hydrogen) atoms. The quantitative estimate of drug-likeness (QED) is 0.780. The van der Waals surface area contributed by atoms with Crippen molar-refractivity contribution in [3.8, 4) is 11.5 Å². The molecule has 1 unspecified atom stereocenters. The second kappa shape index (κ2) is 6.63. The molecule has 6 nitrogen and oxygen atoms in total. The van der Waals surface area contributed by atoms with Crippen LogP contribution in [0.25, 0.3) is 0 Å². The third-order valence-electron chi connectivity index (χ3n) is 2.46. The molecule has 1 rings (SSSR count). The van der Waals surface area contributed by atoms with E-state index in [4.69, 9.17) is 15.2 Å². The maximum Gasteiger partial charge on any atom is 0.309 e. The molecule has 1 aromatic carbocycles. The Morgan fingerprint density at radius 3 is 2.47 bits per heavy atom. The summed E-state index contributed by atoms with van der Waals surface area (Å²) in [5, 5.41) is 0. The van der Waals surface area contributed by atoms with Gasteiger partial charge in [0.05, 0.1) is 20.6 Å². The van der Waals surface area contributed by atoms with Crippen LogP contribution in [-0.4, -0.2) is 32.2 Å². The van der Waals surface area contributed by atoms with E-state index in [1.807, 2.05) is 0 Å². The number of nitrogens with two attached hydrogens (primary N) is 1. The highest BCUT2D eigenvalue weighted by atomic mass is 16.5. The molecule has 0 saturated carbocycles. The van der Waals surface area contributed by atoms with Crippen molar-refractivity contribution < 1.29 is 23.8 Å². The first-order valence-electron chi connectivity index (χ1n) is 5.69. The molecule has 0 bridgehead atoms. The molecule has 0 heterocycles. The van der Waals surface area contributed by atoms with Crippen LogP contribution in [0.1, 0.15) is 23.7 Å². The summed E-state index contributed by atoms with van der Waals surface area (Å²) >= 11 is 0. The lowest BCUT2D eigenvalue weighted by Crippen LogP contribution is -2.18. The second-order valence-corrected chi connectivity index (χ2v) is 3.94. The summed E-state index contributed by atoms with van der Waals surface area (Å²) in [5.41, 5.74) is 5.50. The van der Waals surface area contributed by atoms with E-state index in [9.17, 15) is 9.59 Å². The zero-order valence-corrected chi connectivity index (χ0v) is 11.1. The van der Waals surface area contributed by atoms with Gasteiger partial charge in [0.15, 0.2) is 11.5 Å². The summed E-state index contributed by atoms with van der Waals surface area (Å²) in [6.45, 7) is 1.73. The van der Waals surface area contributed by atoms with E-state index >= 15 is 0 Å². The molecule has 0 aliphatic heterocycles. The molecule has 0 radical (unpaired) electrons. The molecule has 0 aromatic heterocycles. The van der Waals surface area contributed by atoms with Crippen LogP contribution in [0.2, 0.25) is 0 Å². The van der Waals surface area contributed by atoms with E-state index < -0.39 is 5.91 Å². The molecular formula is C13H17NO5. The highest BCUT2D eigenvalue weighted by Crippen LogP contribution is 2.29. The smallest absolute Gasteiger partial charge is 0.309 e. The summed E-state index contributed by atoms with van der Waals surface area (Å²) in [6.07, 6.45) is -0.252. The van der Waals surface area contributed by atoms with Crippen LogP contribution in [0.4, 0.5) is 0 Å². The van der Waals surface area contributed by atoms with Gasteiger partial charge in [0.25, 0.3) is 0 Å². The fraction of sp³-hybridized carbons (Fsp3) is 0.385. The Hall–Kier alpha value is -2.24. The molecule has 6 heteroatoms. The van der Waals surface area contributed by atoms with Gasteiger partial charge in [-0.25, -0.2) is 0 Å². The van der Waals surface area contributed by atoms with Crippen LogP contribution >= 0.6 is 0 Å². The summed E-state index contributed by atoms with van der Waals surface area (Å²) in [6, 6.07) is 4.60. The standard InChI is InChI=1S/C13H17NO5/c1-8(6-12(15)18-3)19-10-5-4-9(13(14)16)7-11(10)17-2/h4-5,7-8H,6H2,1-3H3,(H2,14,16). The number of amides is 1. The average molecular weight is 267 g/mol. The van der Waals surface area contributed by atoms with E-state index in [1.165, 1.54) is 26.4 Å². The highest BCUT2D eigenvalue weighted by Gasteiger charge is 2.14. The fourth-order valence-corrected chi connectivity index (χ4v) is 1.49. The van der Waals surface area contributed by atoms with E-state index in [2.05, 4.69) is 4.74 Å². The summed E-state index contributed by atoms with van der Waals surface area (Å²) in [5.74, 6) is -0.0930. The largest absolute Gasteiger partial charge is 0.493 e. The number of ether oxygens (including phenoxy) is 3. The lowest BCUT2D eigenvalue weighted by molar-refractivity contribution is -0.142. The molecule has 0 fully saturated rings. The number of hydrogen-bond donors (Lipinski definition) is 1. The summed E-state index contributed by atoms with van der Waals surface area (Å²) < 4.78 is 15.2. The van der Waals surface area contributed by atoms with E-state index in [0.717, 1.165) is 0 Å². The van der Waals surface area contributed by atoms with Crippen molar-refractivity contribution in [2.45, 2.75) is 19.4 Å². The number of carbonyl (C=O) groups is 2. The van der Waals surface area contributed by atoms with Crippen LogP contribution in [-0.2, 0) is 9.53 Å². The van der Waals surface area contributed by atoms with Gasteiger partial charge in [0, 0.05) is 5.56 Å². The number of hydrogen-bond acceptors (Lipinski definition) is 5. The third-order valence-corrected chi connectivity index (χ3v) is 2.46. The molecular weight excluding hydrogens is 250 g/mol. The van der Waals surface area contributed by atoms with Gasteiger partial charge in [-0.3, -0.25) is 9.59 Å². The molecule has 1 amide bonds. The molecule has 104 valence electrons. The maximum atomic E-state index is 11.1. The number of benzene rings is 1. The summed E-state index contributed by atoms with van der Waals surface area (Å²) in [4.78, 5) is 22.2. The Morgan fingerprint density at radius 1 is 1.26 bits per heavy atom. The minimum Gasteiger partial charge on any atom is -0.493 e. The van der Waals surface area contributed by atoms with Crippen LogP contribution in [0.15, 0.2) is 18.2 Å².